The van der Waals surface area contributed by atoms with E-state index in [1.54, 1.807) is 6.08 Å². The third-order valence-electron chi connectivity index (χ3n) is 6.90. The highest BCUT2D eigenvalue weighted by molar-refractivity contribution is 5.95. The average Bonchev–Trinajstić information content (AvgIpc) is 2.46. The van der Waals surface area contributed by atoms with Gasteiger partial charge in [-0.25, -0.2) is 0 Å². The van der Waals surface area contributed by atoms with Gasteiger partial charge >= 0.3 is 0 Å². The fourth-order valence-corrected chi connectivity index (χ4v) is 3.93. The lowest BCUT2D eigenvalue weighted by Gasteiger charge is -2.42. The van der Waals surface area contributed by atoms with Crippen molar-refractivity contribution in [1.82, 2.24) is 0 Å². The Morgan fingerprint density at radius 3 is 1.43 bits per heavy atom. The fourth-order valence-electron chi connectivity index (χ4n) is 3.93. The topological polar surface area (TPSA) is 37.3 Å². The summed E-state index contributed by atoms with van der Waals surface area (Å²) < 4.78 is 0. The van der Waals surface area contributed by atoms with Gasteiger partial charge in [0.05, 0.1) is 0 Å². The molecule has 2 aliphatic rings. The number of carbonyl (C=O) groups excluding carboxylic acids is 1. The van der Waals surface area contributed by atoms with Crippen LogP contribution in [0.5, 0.6) is 0 Å². The smallest absolute Gasteiger partial charge is 0.164 e. The van der Waals surface area contributed by atoms with Gasteiger partial charge in [0, 0.05) is 16.9 Å². The fraction of sp³-hybridized carbons (Fsp3) is 0.857. The first-order chi connectivity index (χ1) is 10.4. The SMILES string of the molecule is CC1(C)CCC(C)(C(=O)/C=C(\O)C2(C)CCC(C)(C)CC2)CC1. The Labute approximate surface area is 142 Å². The lowest BCUT2D eigenvalue weighted by molar-refractivity contribution is -0.126. The van der Waals surface area contributed by atoms with Crippen molar-refractivity contribution in [2.45, 2.75) is 92.9 Å². The van der Waals surface area contributed by atoms with Gasteiger partial charge in [-0.1, -0.05) is 41.5 Å². The molecule has 2 fully saturated rings. The van der Waals surface area contributed by atoms with Crippen molar-refractivity contribution in [3.05, 3.63) is 11.8 Å². The van der Waals surface area contributed by atoms with Crippen LogP contribution in [0.1, 0.15) is 92.9 Å². The second-order valence-electron chi connectivity index (χ2n) is 10.3. The highest BCUT2D eigenvalue weighted by atomic mass is 16.3. The monoisotopic (exact) mass is 320 g/mol. The molecule has 0 amide bonds. The first kappa shape index (κ1) is 18.5. The van der Waals surface area contributed by atoms with E-state index in [-0.39, 0.29) is 16.6 Å². The maximum Gasteiger partial charge on any atom is 0.164 e. The highest BCUT2D eigenvalue weighted by Crippen LogP contribution is 2.49. The Morgan fingerprint density at radius 1 is 0.696 bits per heavy atom. The van der Waals surface area contributed by atoms with Crippen LogP contribution in [0.3, 0.4) is 0 Å². The van der Waals surface area contributed by atoms with Gasteiger partial charge in [0.1, 0.15) is 5.76 Å². The molecule has 0 spiro atoms. The molecule has 2 saturated carbocycles. The van der Waals surface area contributed by atoms with Gasteiger partial charge < -0.3 is 5.11 Å². The number of ketones is 1. The van der Waals surface area contributed by atoms with Gasteiger partial charge in [-0.3, -0.25) is 4.79 Å². The van der Waals surface area contributed by atoms with Crippen molar-refractivity contribution in [2.24, 2.45) is 21.7 Å². The summed E-state index contributed by atoms with van der Waals surface area (Å²) >= 11 is 0. The quantitative estimate of drug-likeness (QED) is 0.496. The molecular weight excluding hydrogens is 284 g/mol. The molecule has 2 aliphatic carbocycles. The summed E-state index contributed by atoms with van der Waals surface area (Å²) in [5, 5.41) is 10.7. The van der Waals surface area contributed by atoms with E-state index in [1.807, 2.05) is 0 Å². The second-order valence-corrected chi connectivity index (χ2v) is 10.3. The van der Waals surface area contributed by atoms with Gasteiger partial charge in [-0.05, 0) is 62.2 Å². The van der Waals surface area contributed by atoms with Crippen LogP contribution in [0.15, 0.2) is 11.8 Å². The summed E-state index contributed by atoms with van der Waals surface area (Å²) in [6.07, 6.45) is 9.81. The maximum atomic E-state index is 12.8. The van der Waals surface area contributed by atoms with Crippen LogP contribution in [0, 0.1) is 21.7 Å². The molecule has 0 radical (unpaired) electrons. The maximum absolute atomic E-state index is 12.8. The molecule has 0 heterocycles. The van der Waals surface area contributed by atoms with E-state index in [0.717, 1.165) is 51.4 Å². The van der Waals surface area contributed by atoms with E-state index in [9.17, 15) is 9.90 Å². The summed E-state index contributed by atoms with van der Waals surface area (Å²) in [5.74, 6) is 0.459. The van der Waals surface area contributed by atoms with Crippen LogP contribution >= 0.6 is 0 Å². The van der Waals surface area contributed by atoms with Gasteiger partial charge in [-0.15, -0.1) is 0 Å². The third kappa shape index (κ3) is 4.19. The number of hydrogen-bond donors (Lipinski definition) is 1. The Morgan fingerprint density at radius 2 is 1.04 bits per heavy atom. The zero-order valence-electron chi connectivity index (χ0n) is 16.1. The molecule has 0 saturated heterocycles. The molecule has 2 rings (SSSR count). The van der Waals surface area contributed by atoms with Crippen molar-refractivity contribution < 1.29 is 9.90 Å². The van der Waals surface area contributed by atoms with Crippen LogP contribution in [0.2, 0.25) is 0 Å². The zero-order valence-corrected chi connectivity index (χ0v) is 16.1. The van der Waals surface area contributed by atoms with E-state index < -0.39 is 0 Å². The highest BCUT2D eigenvalue weighted by Gasteiger charge is 2.41. The number of aliphatic hydroxyl groups is 1. The van der Waals surface area contributed by atoms with Gasteiger partial charge in [0.15, 0.2) is 5.78 Å². The molecule has 132 valence electrons. The molecule has 0 atom stereocenters. The van der Waals surface area contributed by atoms with Crippen LogP contribution in [0.25, 0.3) is 0 Å². The number of rotatable bonds is 3. The van der Waals surface area contributed by atoms with Crippen molar-refractivity contribution >= 4 is 5.78 Å². The minimum atomic E-state index is -0.284. The molecule has 23 heavy (non-hydrogen) atoms. The van der Waals surface area contributed by atoms with Crippen molar-refractivity contribution in [2.75, 3.05) is 0 Å². The largest absolute Gasteiger partial charge is 0.512 e. The number of allylic oxidation sites excluding steroid dienone is 2. The van der Waals surface area contributed by atoms with Gasteiger partial charge in [0.2, 0.25) is 0 Å². The molecule has 2 heteroatoms. The Hall–Kier alpha value is -0.790. The Kier molecular flexibility index (Phi) is 4.78. The number of aliphatic hydroxyl groups excluding tert-OH is 1. The average molecular weight is 321 g/mol. The summed E-state index contributed by atoms with van der Waals surface area (Å²) in [6.45, 7) is 13.4. The van der Waals surface area contributed by atoms with Gasteiger partial charge in [-0.2, -0.15) is 0 Å². The van der Waals surface area contributed by atoms with Crippen LogP contribution in [-0.2, 0) is 4.79 Å². The number of carbonyl (C=O) groups is 1. The van der Waals surface area contributed by atoms with Crippen molar-refractivity contribution in [3.63, 3.8) is 0 Å². The van der Waals surface area contributed by atoms with E-state index in [1.165, 1.54) is 0 Å². The Bertz CT molecular complexity index is 476. The summed E-state index contributed by atoms with van der Waals surface area (Å²) in [4.78, 5) is 12.8. The summed E-state index contributed by atoms with van der Waals surface area (Å²) in [7, 11) is 0. The first-order valence-electron chi connectivity index (χ1n) is 9.33. The molecule has 0 bridgehead atoms. The van der Waals surface area contributed by atoms with E-state index in [4.69, 9.17) is 0 Å². The minimum Gasteiger partial charge on any atom is -0.512 e. The lowest BCUT2D eigenvalue weighted by atomic mass is 9.63. The lowest BCUT2D eigenvalue weighted by Crippen LogP contribution is -2.36. The normalized spacial score (nSPS) is 29.0. The van der Waals surface area contributed by atoms with Gasteiger partial charge in [0.25, 0.3) is 0 Å². The molecule has 2 nitrogen and oxygen atoms in total. The van der Waals surface area contributed by atoms with Crippen molar-refractivity contribution in [3.8, 4) is 0 Å². The molecule has 0 unspecified atom stereocenters. The predicted octanol–water partition coefficient (Wildman–Crippen LogP) is 6.21. The molecular formula is C21H36O2. The van der Waals surface area contributed by atoms with Crippen molar-refractivity contribution in [1.29, 1.82) is 0 Å². The Balaban J connectivity index is 2.07. The van der Waals surface area contributed by atoms with Crippen LogP contribution < -0.4 is 0 Å². The van der Waals surface area contributed by atoms with Crippen LogP contribution in [-0.4, -0.2) is 10.9 Å². The second kappa shape index (κ2) is 5.93. The minimum absolute atomic E-state index is 0.136. The molecule has 1 N–H and O–H groups in total. The molecule has 0 aromatic rings. The number of hydrogen-bond acceptors (Lipinski definition) is 2. The van der Waals surface area contributed by atoms with E-state index >= 15 is 0 Å². The molecule has 0 aliphatic heterocycles. The standard InChI is InChI=1S/C21H36O2/c1-18(2)7-11-20(5,12-8-18)16(22)15-17(23)21(6)13-9-19(3,4)10-14-21/h15,22H,7-14H2,1-6H3/b16-15-. The summed E-state index contributed by atoms with van der Waals surface area (Å²) in [5.41, 5.74) is 0.223. The molecule has 0 aromatic heterocycles. The first-order valence-corrected chi connectivity index (χ1v) is 9.33. The predicted molar refractivity (Wildman–Crippen MR) is 96.4 cm³/mol. The molecule has 0 aromatic carbocycles. The third-order valence-corrected chi connectivity index (χ3v) is 6.90. The summed E-state index contributed by atoms with van der Waals surface area (Å²) in [6, 6.07) is 0. The van der Waals surface area contributed by atoms with Crippen LogP contribution in [0.4, 0.5) is 0 Å². The van der Waals surface area contributed by atoms with E-state index in [0.29, 0.717) is 16.6 Å². The zero-order chi connectivity index (χ0) is 17.5. The van der Waals surface area contributed by atoms with E-state index in [2.05, 4.69) is 41.5 Å².